The van der Waals surface area contributed by atoms with Crippen molar-refractivity contribution < 1.29 is 18.6 Å². The van der Waals surface area contributed by atoms with E-state index in [1.165, 1.54) is 18.5 Å². The highest BCUT2D eigenvalue weighted by atomic mass is 19.1. The highest BCUT2D eigenvalue weighted by Crippen LogP contribution is 2.35. The van der Waals surface area contributed by atoms with Crippen molar-refractivity contribution in [3.63, 3.8) is 0 Å². The van der Waals surface area contributed by atoms with Crippen molar-refractivity contribution in [2.75, 3.05) is 18.9 Å². The fourth-order valence-electron chi connectivity index (χ4n) is 4.63. The van der Waals surface area contributed by atoms with Crippen molar-refractivity contribution in [3.05, 3.63) is 84.2 Å². The summed E-state index contributed by atoms with van der Waals surface area (Å²) in [4.78, 5) is 12.9. The Bertz CT molecular complexity index is 1600. The first-order valence-corrected chi connectivity index (χ1v) is 12.7. The van der Waals surface area contributed by atoms with E-state index in [4.69, 9.17) is 25.0 Å². The predicted octanol–water partition coefficient (Wildman–Crippen LogP) is 5.64. The molecule has 5 aromatic rings. The lowest BCUT2D eigenvalue weighted by Crippen LogP contribution is -2.20. The molecule has 1 saturated heterocycles. The quantitative estimate of drug-likeness (QED) is 0.290. The second-order valence-electron chi connectivity index (χ2n) is 9.44. The van der Waals surface area contributed by atoms with E-state index in [1.54, 1.807) is 24.4 Å². The van der Waals surface area contributed by atoms with Crippen LogP contribution in [0.4, 0.5) is 10.2 Å². The number of rotatable bonds is 7. The lowest BCUT2D eigenvalue weighted by atomic mass is 10.1. The highest BCUT2D eigenvalue weighted by Gasteiger charge is 2.24. The summed E-state index contributed by atoms with van der Waals surface area (Å²) in [5, 5.41) is 5.61. The highest BCUT2D eigenvalue weighted by molar-refractivity contribution is 5.98. The Morgan fingerprint density at radius 3 is 2.54 bits per heavy atom. The van der Waals surface area contributed by atoms with E-state index in [2.05, 4.69) is 15.0 Å². The maximum atomic E-state index is 14.3. The van der Waals surface area contributed by atoms with E-state index >= 15 is 0 Å². The zero-order valence-electron chi connectivity index (χ0n) is 21.4. The number of anilines is 1. The minimum Gasteiger partial charge on any atom is -0.489 e. The monoisotopic (exact) mass is 526 g/mol. The number of nitrogen functional groups attached to an aromatic ring is 1. The number of benzene rings is 2. The molecule has 2 aromatic carbocycles. The number of halogens is 1. The molecule has 3 aromatic heterocycles. The first-order valence-electron chi connectivity index (χ1n) is 12.7. The molecule has 2 N–H and O–H groups in total. The van der Waals surface area contributed by atoms with Crippen LogP contribution in [0.3, 0.4) is 0 Å². The Hall–Kier alpha value is -4.57. The third-order valence-electron chi connectivity index (χ3n) is 6.64. The van der Waals surface area contributed by atoms with Crippen LogP contribution in [0.15, 0.2) is 67.1 Å². The minimum atomic E-state index is -0.457. The Kier molecular flexibility index (Phi) is 6.76. The van der Waals surface area contributed by atoms with Crippen LogP contribution in [0.25, 0.3) is 22.3 Å². The van der Waals surface area contributed by atoms with Crippen LogP contribution in [0.2, 0.25) is 0 Å². The van der Waals surface area contributed by atoms with Crippen LogP contribution in [0, 0.1) is 12.7 Å². The molecule has 0 unspecified atom stereocenters. The maximum Gasteiger partial charge on any atom is 0.164 e. The second kappa shape index (κ2) is 10.7. The zero-order valence-corrected chi connectivity index (χ0v) is 21.4. The van der Waals surface area contributed by atoms with Gasteiger partial charge in [-0.15, -0.1) is 0 Å². The maximum absolute atomic E-state index is 14.3. The van der Waals surface area contributed by atoms with Gasteiger partial charge >= 0.3 is 0 Å². The third-order valence-corrected chi connectivity index (χ3v) is 6.64. The number of pyridine rings is 1. The second-order valence-corrected chi connectivity index (χ2v) is 9.44. The Balaban J connectivity index is 1.22. The standard InChI is InChI=1S/C29H27FN6O3/c1-18-2-3-19(15-32-18)16-38-24-12-21(30)13-25(14-24)39-23-6-4-20(5-7-23)27-26-28(31)33-17-34-29(26)36(35-27)22-8-10-37-11-9-22/h2-7,12-15,17,22H,8-11,16H2,1H3,(H2,31,33,34). The van der Waals surface area contributed by atoms with Gasteiger partial charge in [0.2, 0.25) is 0 Å². The van der Waals surface area contributed by atoms with Crippen LogP contribution >= 0.6 is 0 Å². The molecule has 1 aliphatic rings. The van der Waals surface area contributed by atoms with Gasteiger partial charge in [-0.2, -0.15) is 5.10 Å². The summed E-state index contributed by atoms with van der Waals surface area (Å²) in [7, 11) is 0. The molecular formula is C29H27FN6O3. The summed E-state index contributed by atoms with van der Waals surface area (Å²) in [6, 6.07) is 15.7. The molecule has 4 heterocycles. The number of fused-ring (bicyclic) bond motifs is 1. The fraction of sp³-hybridized carbons (Fsp3) is 0.241. The first kappa shape index (κ1) is 24.7. The number of ether oxygens (including phenoxy) is 3. The van der Waals surface area contributed by atoms with E-state index < -0.39 is 5.82 Å². The molecule has 0 saturated carbocycles. The molecule has 1 fully saturated rings. The number of hydrogen-bond acceptors (Lipinski definition) is 8. The normalized spacial score (nSPS) is 14.0. The SMILES string of the molecule is Cc1ccc(COc2cc(F)cc(Oc3ccc(-c4nn(C5CCOCC5)c5ncnc(N)c45)cc3)c2)cn1. The van der Waals surface area contributed by atoms with Gasteiger partial charge in [0.1, 0.15) is 47.5 Å². The van der Waals surface area contributed by atoms with E-state index in [0.29, 0.717) is 53.0 Å². The summed E-state index contributed by atoms with van der Waals surface area (Å²) in [6.07, 6.45) is 4.91. The van der Waals surface area contributed by atoms with Crippen LogP contribution < -0.4 is 15.2 Å². The summed E-state index contributed by atoms with van der Waals surface area (Å²) in [5.74, 6) is 1.15. The zero-order chi connectivity index (χ0) is 26.8. The van der Waals surface area contributed by atoms with Gasteiger partial charge in [-0.25, -0.2) is 19.0 Å². The number of aryl methyl sites for hydroxylation is 1. The topological polar surface area (TPSA) is 110 Å². The van der Waals surface area contributed by atoms with Crippen LogP contribution in [-0.4, -0.2) is 37.9 Å². The van der Waals surface area contributed by atoms with Crippen molar-refractivity contribution in [3.8, 4) is 28.5 Å². The number of nitrogens with zero attached hydrogens (tertiary/aromatic N) is 5. The van der Waals surface area contributed by atoms with Crippen molar-refractivity contribution in [2.45, 2.75) is 32.4 Å². The van der Waals surface area contributed by atoms with E-state index in [0.717, 1.165) is 29.7 Å². The van der Waals surface area contributed by atoms with Gasteiger partial charge in [0.15, 0.2) is 5.65 Å². The van der Waals surface area contributed by atoms with Gasteiger partial charge in [0.25, 0.3) is 0 Å². The fourth-order valence-corrected chi connectivity index (χ4v) is 4.63. The van der Waals surface area contributed by atoms with E-state index in [9.17, 15) is 4.39 Å². The smallest absolute Gasteiger partial charge is 0.164 e. The molecule has 0 spiro atoms. The van der Waals surface area contributed by atoms with Gasteiger partial charge < -0.3 is 19.9 Å². The third kappa shape index (κ3) is 5.37. The number of aromatic nitrogens is 5. The van der Waals surface area contributed by atoms with Crippen molar-refractivity contribution in [1.29, 1.82) is 0 Å². The molecule has 1 aliphatic heterocycles. The molecule has 6 rings (SSSR count). The van der Waals surface area contributed by atoms with Crippen molar-refractivity contribution >= 4 is 16.9 Å². The average Bonchev–Trinajstić information content (AvgIpc) is 3.34. The summed E-state index contributed by atoms with van der Waals surface area (Å²) in [5.41, 5.74) is 10.3. The molecule has 0 amide bonds. The van der Waals surface area contributed by atoms with Gasteiger partial charge in [-0.1, -0.05) is 6.07 Å². The van der Waals surface area contributed by atoms with E-state index in [1.807, 2.05) is 35.9 Å². The molecule has 198 valence electrons. The van der Waals surface area contributed by atoms with Crippen LogP contribution in [-0.2, 0) is 11.3 Å². The van der Waals surface area contributed by atoms with Crippen LogP contribution in [0.5, 0.6) is 17.2 Å². The Morgan fingerprint density at radius 1 is 0.974 bits per heavy atom. The summed E-state index contributed by atoms with van der Waals surface area (Å²) in [6.45, 7) is 3.55. The minimum absolute atomic E-state index is 0.179. The summed E-state index contributed by atoms with van der Waals surface area (Å²) >= 11 is 0. The molecule has 10 heteroatoms. The lowest BCUT2D eigenvalue weighted by molar-refractivity contribution is 0.0674. The molecule has 0 atom stereocenters. The Morgan fingerprint density at radius 2 is 1.77 bits per heavy atom. The molecule has 0 bridgehead atoms. The Labute approximate surface area is 224 Å². The van der Waals surface area contributed by atoms with Gasteiger partial charge in [-0.05, 0) is 50.1 Å². The lowest BCUT2D eigenvalue weighted by Gasteiger charge is -2.22. The summed E-state index contributed by atoms with van der Waals surface area (Å²) < 4.78 is 33.5. The molecule has 39 heavy (non-hydrogen) atoms. The predicted molar refractivity (Wildman–Crippen MR) is 144 cm³/mol. The van der Waals surface area contributed by atoms with Crippen molar-refractivity contribution in [2.24, 2.45) is 0 Å². The first-order chi connectivity index (χ1) is 19.0. The molecular weight excluding hydrogens is 499 g/mol. The molecule has 0 radical (unpaired) electrons. The van der Waals surface area contributed by atoms with Gasteiger partial charge in [-0.3, -0.25) is 4.98 Å². The van der Waals surface area contributed by atoms with Gasteiger partial charge in [0.05, 0.1) is 11.4 Å². The molecule has 0 aliphatic carbocycles. The molecule has 9 nitrogen and oxygen atoms in total. The van der Waals surface area contributed by atoms with Crippen LogP contribution in [0.1, 0.15) is 30.1 Å². The van der Waals surface area contributed by atoms with Gasteiger partial charge in [0, 0.05) is 54.4 Å². The number of hydrogen-bond donors (Lipinski definition) is 1. The van der Waals surface area contributed by atoms with E-state index in [-0.39, 0.29) is 12.6 Å². The number of nitrogens with two attached hydrogens (primary N) is 1. The van der Waals surface area contributed by atoms with Crippen molar-refractivity contribution in [1.82, 2.24) is 24.7 Å². The largest absolute Gasteiger partial charge is 0.489 e. The average molecular weight is 527 g/mol.